The van der Waals surface area contributed by atoms with Gasteiger partial charge in [-0.05, 0) is 24.7 Å². The van der Waals surface area contributed by atoms with Crippen molar-refractivity contribution in [2.24, 2.45) is 0 Å². The van der Waals surface area contributed by atoms with E-state index in [0.717, 1.165) is 50.5 Å². The number of nitrogens with one attached hydrogen (secondary N) is 1. The molecule has 1 N–H and O–H groups in total. The quantitative estimate of drug-likeness (QED) is 0.925. The van der Waals surface area contributed by atoms with Gasteiger partial charge in [-0.1, -0.05) is 6.92 Å². The first-order valence-electron chi connectivity index (χ1n) is 8.25. The summed E-state index contributed by atoms with van der Waals surface area (Å²) in [4.78, 5) is 21.0. The Kier molecular flexibility index (Phi) is 5.23. The number of carbonyl (C=O) groups excluding carboxylic acids is 1. The number of hydrogen-bond acceptors (Lipinski definition) is 4. The Bertz CT molecular complexity index is 760. The Balaban J connectivity index is 1.71. The van der Waals surface area contributed by atoms with Crippen molar-refractivity contribution in [2.75, 3.05) is 42.9 Å². The molecule has 25 heavy (non-hydrogen) atoms. The number of anilines is 2. The van der Waals surface area contributed by atoms with Crippen LogP contribution in [0.15, 0.2) is 36.7 Å². The van der Waals surface area contributed by atoms with E-state index < -0.39 is 17.5 Å². The highest BCUT2D eigenvalue weighted by atomic mass is 19.1. The van der Waals surface area contributed by atoms with Crippen molar-refractivity contribution in [3.05, 3.63) is 53.9 Å². The van der Waals surface area contributed by atoms with Crippen LogP contribution in [0.3, 0.4) is 0 Å². The number of carbonyl (C=O) groups is 1. The lowest BCUT2D eigenvalue weighted by molar-refractivity contribution is 0.102. The molecule has 1 aliphatic rings. The first kappa shape index (κ1) is 17.3. The van der Waals surface area contributed by atoms with Crippen molar-refractivity contribution in [1.82, 2.24) is 9.88 Å². The van der Waals surface area contributed by atoms with E-state index in [0.29, 0.717) is 5.56 Å². The number of hydrogen-bond donors (Lipinski definition) is 1. The van der Waals surface area contributed by atoms with Crippen LogP contribution < -0.4 is 10.2 Å². The van der Waals surface area contributed by atoms with Crippen molar-refractivity contribution in [1.29, 1.82) is 0 Å². The van der Waals surface area contributed by atoms with Gasteiger partial charge in [-0.15, -0.1) is 0 Å². The van der Waals surface area contributed by atoms with Gasteiger partial charge in [0.1, 0.15) is 11.6 Å². The van der Waals surface area contributed by atoms with Crippen LogP contribution in [0.2, 0.25) is 0 Å². The fourth-order valence-electron chi connectivity index (χ4n) is 2.83. The number of nitrogens with zero attached hydrogens (tertiary/aromatic N) is 3. The molecule has 1 aliphatic heterocycles. The topological polar surface area (TPSA) is 48.5 Å². The molecule has 1 fully saturated rings. The number of rotatable bonds is 4. The van der Waals surface area contributed by atoms with Gasteiger partial charge in [0.2, 0.25) is 0 Å². The highest BCUT2D eigenvalue weighted by molar-refractivity contribution is 6.04. The summed E-state index contributed by atoms with van der Waals surface area (Å²) in [5.74, 6) is -1.98. The summed E-state index contributed by atoms with van der Waals surface area (Å²) >= 11 is 0. The average molecular weight is 346 g/mol. The molecule has 1 amide bonds. The monoisotopic (exact) mass is 346 g/mol. The van der Waals surface area contributed by atoms with E-state index in [1.807, 2.05) is 0 Å². The van der Waals surface area contributed by atoms with Gasteiger partial charge in [0.05, 0.1) is 23.1 Å². The van der Waals surface area contributed by atoms with E-state index in [1.54, 1.807) is 12.3 Å². The van der Waals surface area contributed by atoms with Crippen molar-refractivity contribution < 1.29 is 13.6 Å². The summed E-state index contributed by atoms with van der Waals surface area (Å²) in [5.41, 5.74) is 1.13. The lowest BCUT2D eigenvalue weighted by atomic mass is 10.2. The highest BCUT2D eigenvalue weighted by Crippen LogP contribution is 2.19. The molecule has 0 spiro atoms. The highest BCUT2D eigenvalue weighted by Gasteiger charge is 2.18. The maximum absolute atomic E-state index is 13.7. The molecule has 7 heteroatoms. The van der Waals surface area contributed by atoms with E-state index in [1.165, 1.54) is 12.3 Å². The summed E-state index contributed by atoms with van der Waals surface area (Å²) in [6.45, 7) is 6.83. The molecular formula is C18H20F2N4O. The minimum atomic E-state index is -0.812. The van der Waals surface area contributed by atoms with Crippen molar-refractivity contribution in [3.63, 3.8) is 0 Å². The smallest absolute Gasteiger partial charge is 0.257 e. The molecule has 1 saturated heterocycles. The number of halogens is 2. The zero-order valence-electron chi connectivity index (χ0n) is 14.0. The van der Waals surface area contributed by atoms with Gasteiger partial charge in [0.15, 0.2) is 0 Å². The Morgan fingerprint density at radius 3 is 2.60 bits per heavy atom. The first-order chi connectivity index (χ1) is 12.1. The lowest BCUT2D eigenvalue weighted by Crippen LogP contribution is -2.46. The van der Waals surface area contributed by atoms with Crippen LogP contribution in [0.1, 0.15) is 17.3 Å². The molecule has 0 aliphatic carbocycles. The van der Waals surface area contributed by atoms with Crippen molar-refractivity contribution in [2.45, 2.75) is 6.92 Å². The molecule has 132 valence electrons. The van der Waals surface area contributed by atoms with E-state index in [4.69, 9.17) is 0 Å². The Hall–Kier alpha value is -2.54. The lowest BCUT2D eigenvalue weighted by Gasteiger charge is -2.35. The van der Waals surface area contributed by atoms with E-state index in [2.05, 4.69) is 27.0 Å². The molecule has 0 atom stereocenters. The fraction of sp³-hybridized carbons (Fsp3) is 0.333. The third-order valence-electron chi connectivity index (χ3n) is 4.35. The number of piperazine rings is 1. The normalized spacial score (nSPS) is 15.2. The second-order valence-electron chi connectivity index (χ2n) is 5.93. The fourth-order valence-corrected chi connectivity index (χ4v) is 2.83. The average Bonchev–Trinajstić information content (AvgIpc) is 2.64. The number of pyridine rings is 1. The molecule has 0 radical (unpaired) electrons. The zero-order chi connectivity index (χ0) is 17.8. The third-order valence-corrected chi connectivity index (χ3v) is 4.35. The summed E-state index contributed by atoms with van der Waals surface area (Å²) in [6, 6.07) is 4.77. The maximum atomic E-state index is 13.7. The third kappa shape index (κ3) is 4.11. The van der Waals surface area contributed by atoms with Crippen LogP contribution in [0.25, 0.3) is 0 Å². The number of benzene rings is 1. The van der Waals surface area contributed by atoms with Gasteiger partial charge in [-0.2, -0.15) is 0 Å². The molecule has 0 unspecified atom stereocenters. The molecule has 0 bridgehead atoms. The molecular weight excluding hydrogens is 326 g/mol. The minimum Gasteiger partial charge on any atom is -0.368 e. The van der Waals surface area contributed by atoms with Crippen LogP contribution in [-0.2, 0) is 0 Å². The second-order valence-corrected chi connectivity index (χ2v) is 5.93. The van der Waals surface area contributed by atoms with Crippen LogP contribution in [0.5, 0.6) is 0 Å². The maximum Gasteiger partial charge on any atom is 0.257 e. The van der Waals surface area contributed by atoms with Gasteiger partial charge >= 0.3 is 0 Å². The first-order valence-corrected chi connectivity index (χ1v) is 8.25. The second kappa shape index (κ2) is 7.57. The number of aromatic nitrogens is 1. The van der Waals surface area contributed by atoms with E-state index >= 15 is 0 Å². The number of amides is 1. The van der Waals surface area contributed by atoms with Crippen LogP contribution in [-0.4, -0.2) is 48.5 Å². The predicted octanol–water partition coefficient (Wildman–Crippen LogP) is 2.75. The van der Waals surface area contributed by atoms with Crippen LogP contribution >= 0.6 is 0 Å². The predicted molar refractivity (Wildman–Crippen MR) is 92.9 cm³/mol. The SMILES string of the molecule is CCN1CCN(c2cncc(C(=O)Nc3ccc(F)cc3F)c2)CC1. The summed E-state index contributed by atoms with van der Waals surface area (Å²) in [6.07, 6.45) is 3.15. The standard InChI is InChI=1S/C18H20F2N4O/c1-2-23-5-7-24(8-6-23)15-9-13(11-21-12-15)18(25)22-17-4-3-14(19)10-16(17)20/h3-4,9-12H,2,5-8H2,1H3,(H,22,25). The number of likely N-dealkylation sites (N-methyl/N-ethyl adjacent to an activating group) is 1. The van der Waals surface area contributed by atoms with Crippen LogP contribution in [0, 0.1) is 11.6 Å². The van der Waals surface area contributed by atoms with Gasteiger partial charge in [-0.25, -0.2) is 8.78 Å². The van der Waals surface area contributed by atoms with Crippen LogP contribution in [0.4, 0.5) is 20.2 Å². The Labute approximate surface area is 145 Å². The van der Waals surface area contributed by atoms with Crippen molar-refractivity contribution in [3.8, 4) is 0 Å². The Morgan fingerprint density at radius 2 is 1.92 bits per heavy atom. The van der Waals surface area contributed by atoms with Gasteiger partial charge in [-0.3, -0.25) is 9.78 Å². The molecule has 1 aromatic carbocycles. The zero-order valence-corrected chi connectivity index (χ0v) is 14.0. The van der Waals surface area contributed by atoms with Gasteiger partial charge < -0.3 is 15.1 Å². The summed E-state index contributed by atoms with van der Waals surface area (Å²) in [7, 11) is 0. The molecule has 3 rings (SSSR count). The van der Waals surface area contributed by atoms with E-state index in [9.17, 15) is 13.6 Å². The molecule has 2 heterocycles. The largest absolute Gasteiger partial charge is 0.368 e. The Morgan fingerprint density at radius 1 is 1.16 bits per heavy atom. The van der Waals surface area contributed by atoms with Crippen molar-refractivity contribution >= 4 is 17.3 Å². The molecule has 5 nitrogen and oxygen atoms in total. The minimum absolute atomic E-state index is 0.0617. The summed E-state index contributed by atoms with van der Waals surface area (Å²) < 4.78 is 26.6. The summed E-state index contributed by atoms with van der Waals surface area (Å²) in [5, 5.41) is 2.45. The van der Waals surface area contributed by atoms with E-state index in [-0.39, 0.29) is 5.69 Å². The molecule has 1 aromatic heterocycles. The van der Waals surface area contributed by atoms with Gasteiger partial charge in [0.25, 0.3) is 5.91 Å². The molecule has 0 saturated carbocycles. The molecule has 2 aromatic rings. The van der Waals surface area contributed by atoms with Gasteiger partial charge in [0, 0.05) is 38.4 Å².